The molecule has 1 aliphatic heterocycles. The van der Waals surface area contributed by atoms with Crippen LogP contribution in [0.15, 0.2) is 0 Å². The Balaban J connectivity index is 3.28. The zero-order valence-electron chi connectivity index (χ0n) is 12.1. The van der Waals surface area contributed by atoms with E-state index in [0.29, 0.717) is 0 Å². The van der Waals surface area contributed by atoms with Crippen LogP contribution in [-0.2, 0) is 14.3 Å². The van der Waals surface area contributed by atoms with Crippen LogP contribution in [0.25, 0.3) is 0 Å². The summed E-state index contributed by atoms with van der Waals surface area (Å²) in [5, 5.41) is 60.1. The van der Waals surface area contributed by atoms with Crippen LogP contribution in [0, 0.1) is 0 Å². The van der Waals surface area contributed by atoms with Gasteiger partial charge < -0.3 is 40.7 Å². The van der Waals surface area contributed by atoms with Crippen molar-refractivity contribution in [1.29, 1.82) is 0 Å². The fraction of sp³-hybridized carbons (Fsp3) is 0.833. The molecule has 0 aliphatic carbocycles. The Bertz CT molecular complexity index is 440. The van der Waals surface area contributed by atoms with Gasteiger partial charge in [-0.2, -0.15) is 0 Å². The van der Waals surface area contributed by atoms with Gasteiger partial charge in [-0.05, 0) is 6.92 Å². The predicted molar refractivity (Wildman–Crippen MR) is 69.4 cm³/mol. The third-order valence-electron chi connectivity index (χ3n) is 3.48. The van der Waals surface area contributed by atoms with Crippen LogP contribution in [0.3, 0.4) is 0 Å². The fourth-order valence-electron chi connectivity index (χ4n) is 2.51. The van der Waals surface area contributed by atoms with Gasteiger partial charge in [-0.25, -0.2) is 4.79 Å². The van der Waals surface area contributed by atoms with Gasteiger partial charge >= 0.3 is 5.97 Å². The second-order valence-electron chi connectivity index (χ2n) is 5.58. The minimum absolute atomic E-state index is 0.717. The Labute approximate surface area is 125 Å². The van der Waals surface area contributed by atoms with Gasteiger partial charge in [0.1, 0.15) is 18.3 Å². The van der Waals surface area contributed by atoms with Crippen LogP contribution in [0.5, 0.6) is 0 Å². The number of nitrogens with one attached hydrogen (secondary N) is 1. The molecule has 1 saturated heterocycles. The molecule has 0 radical (unpaired) electrons. The molecule has 1 rings (SSSR count). The highest BCUT2D eigenvalue weighted by Crippen LogP contribution is 2.36. The maximum atomic E-state index is 11.4. The molecule has 1 heterocycles. The van der Waals surface area contributed by atoms with E-state index in [1.54, 1.807) is 0 Å². The molecule has 0 saturated carbocycles. The first kappa shape index (κ1) is 18.7. The average Bonchev–Trinajstić information content (AvgIpc) is 2.38. The molecule has 0 aromatic heterocycles. The quantitative estimate of drug-likeness (QED) is 0.271. The Morgan fingerprint density at radius 1 is 1.36 bits per heavy atom. The highest BCUT2D eigenvalue weighted by molar-refractivity contribution is 5.81. The first-order chi connectivity index (χ1) is 9.94. The first-order valence-electron chi connectivity index (χ1n) is 6.54. The van der Waals surface area contributed by atoms with E-state index < -0.39 is 60.6 Å². The SMILES string of the molecule is CC(=O)N[C@H]1[C@H]([C@H](O)[C@H](O)CO)O[C@@](C)(O)C[C@@]1(O)C(=O)O. The second kappa shape index (κ2) is 6.44. The minimum Gasteiger partial charge on any atom is -0.479 e. The highest BCUT2D eigenvalue weighted by Gasteiger charge is 2.60. The average molecular weight is 323 g/mol. The number of aliphatic carboxylic acids is 1. The predicted octanol–water partition coefficient (Wildman–Crippen LogP) is -3.48. The van der Waals surface area contributed by atoms with E-state index in [2.05, 4.69) is 5.32 Å². The summed E-state index contributed by atoms with van der Waals surface area (Å²) < 4.78 is 5.11. The van der Waals surface area contributed by atoms with E-state index in [9.17, 15) is 35.1 Å². The number of ether oxygens (including phenoxy) is 1. The summed E-state index contributed by atoms with van der Waals surface area (Å²) in [6, 6.07) is -1.65. The Morgan fingerprint density at radius 2 is 1.91 bits per heavy atom. The van der Waals surface area contributed by atoms with Crippen molar-refractivity contribution in [1.82, 2.24) is 5.32 Å². The van der Waals surface area contributed by atoms with Gasteiger partial charge in [0.25, 0.3) is 0 Å². The topological polar surface area (TPSA) is 177 Å². The van der Waals surface area contributed by atoms with Crippen molar-refractivity contribution in [3.63, 3.8) is 0 Å². The van der Waals surface area contributed by atoms with E-state index >= 15 is 0 Å². The number of aliphatic hydroxyl groups excluding tert-OH is 3. The molecule has 0 unspecified atom stereocenters. The smallest absolute Gasteiger partial charge is 0.338 e. The van der Waals surface area contributed by atoms with Crippen molar-refractivity contribution in [2.45, 2.75) is 56.0 Å². The van der Waals surface area contributed by atoms with Gasteiger partial charge in [0.2, 0.25) is 5.91 Å². The van der Waals surface area contributed by atoms with E-state index in [-0.39, 0.29) is 0 Å². The summed E-state index contributed by atoms with van der Waals surface area (Å²) in [4.78, 5) is 22.7. The number of carboxylic acids is 1. The van der Waals surface area contributed by atoms with Gasteiger partial charge in [-0.15, -0.1) is 0 Å². The van der Waals surface area contributed by atoms with Crippen LogP contribution in [-0.4, -0.2) is 84.9 Å². The van der Waals surface area contributed by atoms with Crippen LogP contribution < -0.4 is 5.32 Å². The standard InChI is InChI=1S/C12H21NO9/c1-5(15)13-9-8(7(17)6(16)3-14)22-11(2,20)4-12(9,21)10(18)19/h6-9,14,16-17,20-21H,3-4H2,1-2H3,(H,13,15)(H,18,19)/t6-,7-,8+,9+,11-,12+/m1/s1. The van der Waals surface area contributed by atoms with Gasteiger partial charge in [-0.1, -0.05) is 0 Å². The van der Waals surface area contributed by atoms with Crippen molar-refractivity contribution in [3.05, 3.63) is 0 Å². The molecule has 0 aromatic rings. The third kappa shape index (κ3) is 3.72. The van der Waals surface area contributed by atoms with E-state index in [4.69, 9.17) is 9.84 Å². The van der Waals surface area contributed by atoms with E-state index in [0.717, 1.165) is 13.8 Å². The van der Waals surface area contributed by atoms with E-state index in [1.165, 1.54) is 0 Å². The number of aliphatic hydroxyl groups is 5. The number of carbonyl (C=O) groups excluding carboxylic acids is 1. The van der Waals surface area contributed by atoms with Gasteiger partial charge in [-0.3, -0.25) is 4.79 Å². The van der Waals surface area contributed by atoms with Crippen LogP contribution in [0.1, 0.15) is 20.3 Å². The molecule has 10 heteroatoms. The number of rotatable bonds is 5. The summed E-state index contributed by atoms with van der Waals surface area (Å²) >= 11 is 0. The van der Waals surface area contributed by atoms with Crippen molar-refractivity contribution in [2.24, 2.45) is 0 Å². The van der Waals surface area contributed by atoms with Crippen molar-refractivity contribution in [3.8, 4) is 0 Å². The lowest BCUT2D eigenvalue weighted by Gasteiger charge is -2.49. The molecule has 10 nitrogen and oxygen atoms in total. The summed E-state index contributed by atoms with van der Waals surface area (Å²) in [7, 11) is 0. The summed E-state index contributed by atoms with van der Waals surface area (Å²) in [5.74, 6) is -4.60. The minimum atomic E-state index is -2.64. The summed E-state index contributed by atoms with van der Waals surface area (Å²) in [6.07, 6.45) is -6.04. The lowest BCUT2D eigenvalue weighted by atomic mass is 9.78. The lowest BCUT2D eigenvalue weighted by Crippen LogP contribution is -2.72. The molecule has 22 heavy (non-hydrogen) atoms. The third-order valence-corrected chi connectivity index (χ3v) is 3.48. The Morgan fingerprint density at radius 3 is 2.32 bits per heavy atom. The van der Waals surface area contributed by atoms with Crippen LogP contribution in [0.2, 0.25) is 0 Å². The zero-order chi connectivity index (χ0) is 17.3. The van der Waals surface area contributed by atoms with Gasteiger partial charge in [0.15, 0.2) is 11.4 Å². The number of hydrogen-bond donors (Lipinski definition) is 7. The molecule has 0 bridgehead atoms. The number of carboxylic acid groups (broad SMARTS) is 1. The molecule has 1 aliphatic rings. The fourth-order valence-corrected chi connectivity index (χ4v) is 2.51. The largest absolute Gasteiger partial charge is 0.479 e. The van der Waals surface area contributed by atoms with Crippen LogP contribution >= 0.6 is 0 Å². The molecule has 0 spiro atoms. The van der Waals surface area contributed by atoms with Crippen LogP contribution in [0.4, 0.5) is 0 Å². The highest BCUT2D eigenvalue weighted by atomic mass is 16.6. The van der Waals surface area contributed by atoms with E-state index in [1.807, 2.05) is 0 Å². The van der Waals surface area contributed by atoms with Crippen molar-refractivity contribution < 1.29 is 45.0 Å². The number of amides is 1. The normalized spacial score (nSPS) is 38.1. The molecule has 1 fully saturated rings. The molecular weight excluding hydrogens is 302 g/mol. The number of hydrogen-bond acceptors (Lipinski definition) is 8. The molecule has 7 N–H and O–H groups in total. The van der Waals surface area contributed by atoms with Gasteiger partial charge in [0, 0.05) is 13.3 Å². The molecule has 6 atom stereocenters. The van der Waals surface area contributed by atoms with Crippen molar-refractivity contribution >= 4 is 11.9 Å². The van der Waals surface area contributed by atoms with Crippen molar-refractivity contribution in [2.75, 3.05) is 6.61 Å². The molecule has 1 amide bonds. The molecule has 128 valence electrons. The summed E-state index contributed by atoms with van der Waals surface area (Å²) in [5.41, 5.74) is -2.64. The lowest BCUT2D eigenvalue weighted by molar-refractivity contribution is -0.310. The number of carbonyl (C=O) groups is 2. The maximum Gasteiger partial charge on any atom is 0.338 e. The molecular formula is C12H21NO9. The molecule has 0 aromatic carbocycles. The Kier molecular flexibility index (Phi) is 5.49. The monoisotopic (exact) mass is 323 g/mol. The zero-order valence-corrected chi connectivity index (χ0v) is 12.1. The second-order valence-corrected chi connectivity index (χ2v) is 5.58. The van der Waals surface area contributed by atoms with Gasteiger partial charge in [0.05, 0.1) is 12.6 Å². The maximum absolute atomic E-state index is 11.4. The first-order valence-corrected chi connectivity index (χ1v) is 6.54. The Hall–Kier alpha value is -1.30. The summed E-state index contributed by atoms with van der Waals surface area (Å²) in [6.45, 7) is 1.25.